The van der Waals surface area contributed by atoms with E-state index in [1.165, 1.54) is 12.0 Å². The van der Waals surface area contributed by atoms with Crippen LogP contribution < -0.4 is 10.1 Å². The third-order valence-corrected chi connectivity index (χ3v) is 4.78. The SMILES string of the molecule is Cc1ccc(OCC2(O)CCN(CC(=O)NC3CCC3)C2)cc1. The van der Waals surface area contributed by atoms with Gasteiger partial charge in [-0.3, -0.25) is 9.69 Å². The second kappa shape index (κ2) is 6.89. The van der Waals surface area contributed by atoms with Gasteiger partial charge in [0.1, 0.15) is 18.0 Å². The summed E-state index contributed by atoms with van der Waals surface area (Å²) in [4.78, 5) is 14.0. The summed E-state index contributed by atoms with van der Waals surface area (Å²) in [5.41, 5.74) is 0.308. The van der Waals surface area contributed by atoms with Crippen LogP contribution in [0.5, 0.6) is 5.75 Å². The number of ether oxygens (including phenoxy) is 1. The summed E-state index contributed by atoms with van der Waals surface area (Å²) in [5.74, 6) is 0.837. The first-order valence-corrected chi connectivity index (χ1v) is 8.46. The first kappa shape index (κ1) is 16.3. The molecule has 2 fully saturated rings. The van der Waals surface area contributed by atoms with Crippen molar-refractivity contribution < 1.29 is 14.6 Å². The maximum atomic E-state index is 12.0. The maximum Gasteiger partial charge on any atom is 0.234 e. The van der Waals surface area contributed by atoms with E-state index in [-0.39, 0.29) is 12.5 Å². The molecule has 1 saturated heterocycles. The van der Waals surface area contributed by atoms with Crippen molar-refractivity contribution in [3.63, 3.8) is 0 Å². The smallest absolute Gasteiger partial charge is 0.234 e. The number of carbonyl (C=O) groups excluding carboxylic acids is 1. The van der Waals surface area contributed by atoms with Gasteiger partial charge < -0.3 is 15.2 Å². The zero-order chi connectivity index (χ0) is 16.3. The van der Waals surface area contributed by atoms with Crippen LogP contribution in [0.15, 0.2) is 24.3 Å². The Balaban J connectivity index is 1.43. The molecule has 1 aromatic carbocycles. The molecule has 1 aromatic rings. The van der Waals surface area contributed by atoms with E-state index in [4.69, 9.17) is 4.74 Å². The number of β-amino-alcohol motifs (C(OH)–C–C–N with tert-alkyl or cyclic N) is 1. The number of likely N-dealkylation sites (tertiary alicyclic amines) is 1. The van der Waals surface area contributed by atoms with Crippen molar-refractivity contribution in [2.75, 3.05) is 26.2 Å². The van der Waals surface area contributed by atoms with Crippen molar-refractivity contribution in [1.29, 1.82) is 0 Å². The Hall–Kier alpha value is -1.59. The lowest BCUT2D eigenvalue weighted by Gasteiger charge is -2.28. The number of benzene rings is 1. The van der Waals surface area contributed by atoms with Crippen molar-refractivity contribution in [2.24, 2.45) is 0 Å². The molecule has 0 bridgehead atoms. The molecule has 0 radical (unpaired) electrons. The third-order valence-electron chi connectivity index (χ3n) is 4.78. The quantitative estimate of drug-likeness (QED) is 0.834. The molecule has 0 spiro atoms. The number of aliphatic hydroxyl groups is 1. The molecule has 3 rings (SSSR count). The average molecular weight is 318 g/mol. The Morgan fingerprint density at radius 1 is 1.39 bits per heavy atom. The van der Waals surface area contributed by atoms with Crippen molar-refractivity contribution in [3.05, 3.63) is 29.8 Å². The average Bonchev–Trinajstić information content (AvgIpc) is 2.84. The topological polar surface area (TPSA) is 61.8 Å². The highest BCUT2D eigenvalue weighted by molar-refractivity contribution is 5.78. The third kappa shape index (κ3) is 4.45. The summed E-state index contributed by atoms with van der Waals surface area (Å²) >= 11 is 0. The number of aryl methyl sites for hydroxylation is 1. The zero-order valence-electron chi connectivity index (χ0n) is 13.8. The number of rotatable bonds is 6. The Morgan fingerprint density at radius 2 is 2.13 bits per heavy atom. The highest BCUT2D eigenvalue weighted by atomic mass is 16.5. The fourth-order valence-corrected chi connectivity index (χ4v) is 3.07. The predicted octanol–water partition coefficient (Wildman–Crippen LogP) is 1.48. The van der Waals surface area contributed by atoms with Crippen LogP contribution in [-0.4, -0.2) is 53.8 Å². The van der Waals surface area contributed by atoms with Gasteiger partial charge in [-0.05, 0) is 44.7 Å². The van der Waals surface area contributed by atoms with E-state index >= 15 is 0 Å². The Labute approximate surface area is 137 Å². The lowest BCUT2D eigenvalue weighted by atomic mass is 9.93. The van der Waals surface area contributed by atoms with Crippen LogP contribution in [0.4, 0.5) is 0 Å². The molecule has 0 aromatic heterocycles. The van der Waals surface area contributed by atoms with Crippen LogP contribution in [0, 0.1) is 6.92 Å². The van der Waals surface area contributed by atoms with Gasteiger partial charge in [-0.2, -0.15) is 0 Å². The monoisotopic (exact) mass is 318 g/mol. The van der Waals surface area contributed by atoms with Crippen LogP contribution in [0.2, 0.25) is 0 Å². The molecule has 1 unspecified atom stereocenters. The van der Waals surface area contributed by atoms with E-state index in [9.17, 15) is 9.90 Å². The van der Waals surface area contributed by atoms with Gasteiger partial charge in [-0.25, -0.2) is 0 Å². The van der Waals surface area contributed by atoms with E-state index < -0.39 is 5.60 Å². The first-order valence-electron chi connectivity index (χ1n) is 8.46. The number of hydrogen-bond acceptors (Lipinski definition) is 4. The second-order valence-electron chi connectivity index (χ2n) is 6.98. The van der Waals surface area contributed by atoms with Crippen molar-refractivity contribution in [3.8, 4) is 5.75 Å². The summed E-state index contributed by atoms with van der Waals surface area (Å²) in [7, 11) is 0. The Morgan fingerprint density at radius 3 is 2.78 bits per heavy atom. The minimum absolute atomic E-state index is 0.0680. The summed E-state index contributed by atoms with van der Waals surface area (Å²) in [6, 6.07) is 8.18. The van der Waals surface area contributed by atoms with Gasteiger partial charge in [0.15, 0.2) is 0 Å². The van der Waals surface area contributed by atoms with Gasteiger partial charge in [-0.15, -0.1) is 0 Å². The Bertz CT molecular complexity index is 542. The molecule has 23 heavy (non-hydrogen) atoms. The summed E-state index contributed by atoms with van der Waals surface area (Å²) in [6.07, 6.45) is 4.04. The van der Waals surface area contributed by atoms with Crippen LogP contribution >= 0.6 is 0 Å². The molecule has 2 N–H and O–H groups in total. The molecule has 2 aliphatic rings. The molecular weight excluding hydrogens is 292 g/mol. The molecular formula is C18H26N2O3. The lowest BCUT2D eigenvalue weighted by Crippen LogP contribution is -2.46. The molecule has 1 heterocycles. The maximum absolute atomic E-state index is 12.0. The van der Waals surface area contributed by atoms with E-state index in [1.54, 1.807) is 0 Å². The lowest BCUT2D eigenvalue weighted by molar-refractivity contribution is -0.123. The van der Waals surface area contributed by atoms with Crippen molar-refractivity contribution in [2.45, 2.75) is 44.2 Å². The normalized spacial score (nSPS) is 25.1. The van der Waals surface area contributed by atoms with Gasteiger partial charge in [0.2, 0.25) is 5.91 Å². The van der Waals surface area contributed by atoms with Crippen LogP contribution in [-0.2, 0) is 4.79 Å². The minimum Gasteiger partial charge on any atom is -0.491 e. The Kier molecular flexibility index (Phi) is 4.87. The van der Waals surface area contributed by atoms with Crippen LogP contribution in [0.3, 0.4) is 0 Å². The van der Waals surface area contributed by atoms with Gasteiger partial charge in [0.25, 0.3) is 0 Å². The van der Waals surface area contributed by atoms with Crippen molar-refractivity contribution >= 4 is 5.91 Å². The molecule has 1 atom stereocenters. The molecule has 126 valence electrons. The largest absolute Gasteiger partial charge is 0.491 e. The number of hydrogen-bond donors (Lipinski definition) is 2. The number of amides is 1. The van der Waals surface area contributed by atoms with Gasteiger partial charge >= 0.3 is 0 Å². The van der Waals surface area contributed by atoms with E-state index in [2.05, 4.69) is 5.32 Å². The van der Waals surface area contributed by atoms with Gasteiger partial charge in [0.05, 0.1) is 6.54 Å². The van der Waals surface area contributed by atoms with E-state index in [0.717, 1.165) is 25.1 Å². The second-order valence-corrected chi connectivity index (χ2v) is 6.98. The standard InChI is InChI=1S/C18H26N2O3/c1-14-5-7-16(8-6-14)23-13-18(22)9-10-20(12-18)11-17(21)19-15-3-2-4-15/h5-8,15,22H,2-4,9-13H2,1H3,(H,19,21). The van der Waals surface area contributed by atoms with Crippen LogP contribution in [0.1, 0.15) is 31.2 Å². The fraction of sp³-hybridized carbons (Fsp3) is 0.611. The summed E-state index contributed by atoms with van der Waals surface area (Å²) in [5, 5.41) is 13.7. The van der Waals surface area contributed by atoms with Gasteiger partial charge in [-0.1, -0.05) is 17.7 Å². The number of carbonyl (C=O) groups is 1. The zero-order valence-corrected chi connectivity index (χ0v) is 13.8. The molecule has 1 aliphatic heterocycles. The molecule has 5 nitrogen and oxygen atoms in total. The molecule has 5 heteroatoms. The van der Waals surface area contributed by atoms with Crippen LogP contribution in [0.25, 0.3) is 0 Å². The van der Waals surface area contributed by atoms with Gasteiger partial charge in [0, 0.05) is 19.1 Å². The minimum atomic E-state index is -0.873. The summed E-state index contributed by atoms with van der Waals surface area (Å²) < 4.78 is 5.72. The molecule has 1 saturated carbocycles. The van der Waals surface area contributed by atoms with E-state index in [1.807, 2.05) is 36.1 Å². The molecule has 1 aliphatic carbocycles. The number of nitrogens with zero attached hydrogens (tertiary/aromatic N) is 1. The van der Waals surface area contributed by atoms with Crippen molar-refractivity contribution in [1.82, 2.24) is 10.2 Å². The molecule has 1 amide bonds. The highest BCUT2D eigenvalue weighted by Crippen LogP contribution is 2.23. The summed E-state index contributed by atoms with van der Waals surface area (Å²) in [6.45, 7) is 3.86. The number of nitrogens with one attached hydrogen (secondary N) is 1. The fourth-order valence-electron chi connectivity index (χ4n) is 3.07. The first-order chi connectivity index (χ1) is 11.0. The predicted molar refractivity (Wildman–Crippen MR) is 88.5 cm³/mol. The van der Waals surface area contributed by atoms with E-state index in [0.29, 0.717) is 25.6 Å². The highest BCUT2D eigenvalue weighted by Gasteiger charge is 2.37.